The monoisotopic (exact) mass is 334 g/mol. The van der Waals surface area contributed by atoms with Gasteiger partial charge in [0.25, 0.3) is 0 Å². The zero-order chi connectivity index (χ0) is 17.4. The van der Waals surface area contributed by atoms with E-state index >= 15 is 0 Å². The number of fused-ring (bicyclic) bond motifs is 1. The molecule has 0 bridgehead atoms. The van der Waals surface area contributed by atoms with Gasteiger partial charge in [0.1, 0.15) is 0 Å². The molecule has 0 aliphatic carbocycles. The summed E-state index contributed by atoms with van der Waals surface area (Å²) in [7, 11) is 2.13. The van der Waals surface area contributed by atoms with Crippen molar-refractivity contribution < 1.29 is 5.11 Å². The van der Waals surface area contributed by atoms with Gasteiger partial charge in [0.15, 0.2) is 0 Å². The van der Waals surface area contributed by atoms with Crippen LogP contribution in [0.25, 0.3) is 10.9 Å². The normalized spacial score (nSPS) is 21.7. The molecule has 0 spiro atoms. The molecule has 130 valence electrons. The molecule has 2 unspecified atom stereocenters. The predicted molar refractivity (Wildman–Crippen MR) is 102 cm³/mol. The van der Waals surface area contributed by atoms with E-state index in [4.69, 9.17) is 0 Å². The largest absolute Gasteiger partial charge is 0.393 e. The summed E-state index contributed by atoms with van der Waals surface area (Å²) in [5.74, 6) is 0. The van der Waals surface area contributed by atoms with Crippen molar-refractivity contribution in [2.45, 2.75) is 38.5 Å². The summed E-state index contributed by atoms with van der Waals surface area (Å²) in [6.45, 7) is 4.02. The molecule has 1 aliphatic heterocycles. The van der Waals surface area contributed by atoms with E-state index in [0.717, 1.165) is 25.9 Å². The van der Waals surface area contributed by atoms with Crippen LogP contribution in [0, 0.1) is 6.92 Å². The molecule has 4 rings (SSSR count). The molecular weight excluding hydrogens is 308 g/mol. The molecule has 1 saturated heterocycles. The molecule has 3 nitrogen and oxygen atoms in total. The minimum Gasteiger partial charge on any atom is -0.393 e. The third-order valence-electron chi connectivity index (χ3n) is 5.66. The topological polar surface area (TPSA) is 28.4 Å². The highest BCUT2D eigenvalue weighted by molar-refractivity contribution is 5.84. The van der Waals surface area contributed by atoms with Crippen LogP contribution in [0.2, 0.25) is 0 Å². The SMILES string of the molecule is Cc1cc2c(CN3CCC(O)CC3c3ccccc3)cccc2n1C. The van der Waals surface area contributed by atoms with Gasteiger partial charge in [-0.15, -0.1) is 0 Å². The van der Waals surface area contributed by atoms with Crippen molar-refractivity contribution in [2.75, 3.05) is 6.54 Å². The van der Waals surface area contributed by atoms with Crippen molar-refractivity contribution in [2.24, 2.45) is 7.05 Å². The Morgan fingerprint density at radius 1 is 1.08 bits per heavy atom. The van der Waals surface area contributed by atoms with Gasteiger partial charge in [-0.1, -0.05) is 42.5 Å². The summed E-state index contributed by atoms with van der Waals surface area (Å²) in [5, 5.41) is 11.6. The Labute approximate surface area is 149 Å². The second-order valence-corrected chi connectivity index (χ2v) is 7.27. The number of aliphatic hydroxyl groups is 1. The maximum absolute atomic E-state index is 10.2. The first-order valence-electron chi connectivity index (χ1n) is 9.14. The van der Waals surface area contributed by atoms with Crippen molar-refractivity contribution in [3.63, 3.8) is 0 Å². The Balaban J connectivity index is 1.68. The fourth-order valence-corrected chi connectivity index (χ4v) is 4.12. The lowest BCUT2D eigenvalue weighted by atomic mass is 9.92. The number of hydrogen-bond acceptors (Lipinski definition) is 2. The Kier molecular flexibility index (Phi) is 4.36. The van der Waals surface area contributed by atoms with Crippen LogP contribution in [0.1, 0.15) is 35.7 Å². The summed E-state index contributed by atoms with van der Waals surface area (Å²) < 4.78 is 2.26. The maximum Gasteiger partial charge on any atom is 0.0570 e. The highest BCUT2D eigenvalue weighted by Gasteiger charge is 2.28. The van der Waals surface area contributed by atoms with Crippen LogP contribution < -0.4 is 0 Å². The molecule has 1 N–H and O–H groups in total. The van der Waals surface area contributed by atoms with Crippen molar-refractivity contribution in [3.8, 4) is 0 Å². The first-order chi connectivity index (χ1) is 12.1. The van der Waals surface area contributed by atoms with Crippen LogP contribution in [-0.2, 0) is 13.6 Å². The Bertz CT molecular complexity index is 868. The van der Waals surface area contributed by atoms with Crippen molar-refractivity contribution in [1.29, 1.82) is 0 Å². The fraction of sp³-hybridized carbons (Fsp3) is 0.364. The van der Waals surface area contributed by atoms with Gasteiger partial charge in [-0.2, -0.15) is 0 Å². The van der Waals surface area contributed by atoms with Crippen LogP contribution in [0.4, 0.5) is 0 Å². The van der Waals surface area contributed by atoms with Gasteiger partial charge in [0.05, 0.1) is 6.10 Å². The van der Waals surface area contributed by atoms with Crippen LogP contribution in [0.3, 0.4) is 0 Å². The third-order valence-corrected chi connectivity index (χ3v) is 5.66. The van der Waals surface area contributed by atoms with Gasteiger partial charge >= 0.3 is 0 Å². The van der Waals surface area contributed by atoms with E-state index in [1.54, 1.807) is 0 Å². The van der Waals surface area contributed by atoms with Gasteiger partial charge in [-0.05, 0) is 43.0 Å². The molecule has 2 atom stereocenters. The standard InChI is InChI=1S/C22H26N2O/c1-16-13-20-18(9-6-10-21(20)23(16)2)15-24-12-11-19(25)14-22(24)17-7-4-3-5-8-17/h3-10,13,19,22,25H,11-12,14-15H2,1-2H3. The number of rotatable bonds is 3. The maximum atomic E-state index is 10.2. The number of hydrogen-bond donors (Lipinski definition) is 1. The van der Waals surface area contributed by atoms with Crippen molar-refractivity contribution >= 4 is 10.9 Å². The summed E-state index contributed by atoms with van der Waals surface area (Å²) in [6, 6.07) is 19.8. The van der Waals surface area contributed by atoms with Gasteiger partial charge in [0.2, 0.25) is 0 Å². The molecule has 3 aromatic rings. The summed E-state index contributed by atoms with van der Waals surface area (Å²) in [4.78, 5) is 2.53. The van der Waals surface area contributed by atoms with Crippen molar-refractivity contribution in [3.05, 3.63) is 71.4 Å². The molecular formula is C22H26N2O. The number of likely N-dealkylation sites (tertiary alicyclic amines) is 1. The molecule has 1 fully saturated rings. The lowest BCUT2D eigenvalue weighted by Gasteiger charge is -2.38. The lowest BCUT2D eigenvalue weighted by molar-refractivity contribution is 0.0366. The molecule has 0 radical (unpaired) electrons. The molecule has 0 saturated carbocycles. The molecule has 0 amide bonds. The van der Waals surface area contributed by atoms with E-state index in [1.165, 1.54) is 27.7 Å². The smallest absolute Gasteiger partial charge is 0.0570 e. The first kappa shape index (κ1) is 16.4. The number of aromatic nitrogens is 1. The summed E-state index contributed by atoms with van der Waals surface area (Å²) >= 11 is 0. The minimum atomic E-state index is -0.198. The number of benzene rings is 2. The van der Waals surface area contributed by atoms with Crippen molar-refractivity contribution in [1.82, 2.24) is 9.47 Å². The van der Waals surface area contributed by atoms with Crippen LogP contribution >= 0.6 is 0 Å². The Hall–Kier alpha value is -2.10. The first-order valence-corrected chi connectivity index (χ1v) is 9.14. The van der Waals surface area contributed by atoms with E-state index in [0.29, 0.717) is 0 Å². The number of nitrogens with zero attached hydrogens (tertiary/aromatic N) is 2. The highest BCUT2D eigenvalue weighted by Crippen LogP contribution is 2.33. The average Bonchev–Trinajstić information content (AvgIpc) is 2.93. The second-order valence-electron chi connectivity index (χ2n) is 7.27. The Morgan fingerprint density at radius 3 is 2.68 bits per heavy atom. The van der Waals surface area contributed by atoms with Gasteiger partial charge < -0.3 is 9.67 Å². The quantitative estimate of drug-likeness (QED) is 0.778. The summed E-state index contributed by atoms with van der Waals surface area (Å²) in [6.07, 6.45) is 1.47. The van der Waals surface area contributed by atoms with Gasteiger partial charge in [-0.3, -0.25) is 4.90 Å². The average molecular weight is 334 g/mol. The Morgan fingerprint density at radius 2 is 1.88 bits per heavy atom. The predicted octanol–water partition coefficient (Wildman–Crippen LogP) is 4.18. The molecule has 25 heavy (non-hydrogen) atoms. The number of piperidine rings is 1. The zero-order valence-electron chi connectivity index (χ0n) is 15.0. The van der Waals surface area contributed by atoms with Crippen LogP contribution in [-0.4, -0.2) is 27.2 Å². The second kappa shape index (κ2) is 6.66. The van der Waals surface area contributed by atoms with Gasteiger partial charge in [0, 0.05) is 42.8 Å². The number of aryl methyl sites for hydroxylation is 2. The van der Waals surface area contributed by atoms with Gasteiger partial charge in [-0.25, -0.2) is 0 Å². The van der Waals surface area contributed by atoms with E-state index in [9.17, 15) is 5.11 Å². The molecule has 2 aromatic carbocycles. The van der Waals surface area contributed by atoms with E-state index < -0.39 is 0 Å². The van der Waals surface area contributed by atoms with Crippen LogP contribution in [0.15, 0.2) is 54.6 Å². The zero-order valence-corrected chi connectivity index (χ0v) is 15.0. The number of aliphatic hydroxyl groups excluding tert-OH is 1. The third kappa shape index (κ3) is 3.10. The molecule has 1 aromatic heterocycles. The lowest BCUT2D eigenvalue weighted by Crippen LogP contribution is -2.38. The molecule has 1 aliphatic rings. The fourth-order valence-electron chi connectivity index (χ4n) is 4.12. The minimum absolute atomic E-state index is 0.198. The summed E-state index contributed by atoms with van der Waals surface area (Å²) in [5.41, 5.74) is 5.26. The van der Waals surface area contributed by atoms with E-state index in [1.807, 2.05) is 0 Å². The van der Waals surface area contributed by atoms with E-state index in [-0.39, 0.29) is 12.1 Å². The highest BCUT2D eigenvalue weighted by atomic mass is 16.3. The molecule has 2 heterocycles. The van der Waals surface area contributed by atoms with Crippen LogP contribution in [0.5, 0.6) is 0 Å². The van der Waals surface area contributed by atoms with E-state index in [2.05, 4.69) is 78.0 Å². The molecule has 3 heteroatoms.